The highest BCUT2D eigenvalue weighted by atomic mass is 79.9. The molecule has 1 heterocycles. The summed E-state index contributed by atoms with van der Waals surface area (Å²) < 4.78 is 6.50. The Balaban J connectivity index is 2.06. The first-order valence-corrected chi connectivity index (χ1v) is 6.57. The fourth-order valence-electron chi connectivity index (χ4n) is 1.47. The van der Waals surface area contributed by atoms with E-state index in [4.69, 9.17) is 22.1 Å². The third-order valence-corrected chi connectivity index (χ3v) is 3.21. The highest BCUT2D eigenvalue weighted by Gasteiger charge is 2.03. The number of nitrogens with two attached hydrogens (primary N) is 1. The second kappa shape index (κ2) is 6.18. The van der Waals surface area contributed by atoms with E-state index in [0.717, 1.165) is 15.6 Å². The minimum Gasteiger partial charge on any atom is -0.487 e. The van der Waals surface area contributed by atoms with Crippen LogP contribution in [-0.4, -0.2) is 4.98 Å². The van der Waals surface area contributed by atoms with Crippen LogP contribution in [0.3, 0.4) is 0 Å². The second-order valence-corrected chi connectivity index (χ2v) is 5.08. The Bertz CT molecular complexity index is 548. The van der Waals surface area contributed by atoms with Gasteiger partial charge >= 0.3 is 0 Å². The molecule has 0 radical (unpaired) electrons. The van der Waals surface area contributed by atoms with Crippen molar-refractivity contribution in [2.75, 3.05) is 0 Å². The molecule has 0 unspecified atom stereocenters. The molecule has 2 rings (SSSR count). The van der Waals surface area contributed by atoms with Crippen molar-refractivity contribution in [3.63, 3.8) is 0 Å². The normalized spacial score (nSPS) is 10.4. The zero-order valence-corrected chi connectivity index (χ0v) is 11.9. The Morgan fingerprint density at radius 2 is 2.11 bits per heavy atom. The van der Waals surface area contributed by atoms with Crippen LogP contribution in [0.4, 0.5) is 0 Å². The van der Waals surface area contributed by atoms with E-state index in [-0.39, 0.29) is 0 Å². The first kappa shape index (κ1) is 13.3. The third-order valence-electron chi connectivity index (χ3n) is 2.43. The molecule has 2 aromatic rings. The Morgan fingerprint density at radius 3 is 2.78 bits per heavy atom. The molecule has 0 fully saturated rings. The zero-order valence-electron chi connectivity index (χ0n) is 9.57. The predicted molar refractivity (Wildman–Crippen MR) is 75.6 cm³/mol. The molecule has 0 aliphatic carbocycles. The molecule has 3 nitrogen and oxygen atoms in total. The van der Waals surface area contributed by atoms with E-state index in [9.17, 15) is 0 Å². The molecular formula is C13H12BrClN2O. The predicted octanol–water partition coefficient (Wildman–Crippen LogP) is 3.54. The number of pyridine rings is 1. The molecular weight excluding hydrogens is 316 g/mol. The van der Waals surface area contributed by atoms with Gasteiger partial charge in [0.25, 0.3) is 0 Å². The topological polar surface area (TPSA) is 48.1 Å². The van der Waals surface area contributed by atoms with E-state index in [1.165, 1.54) is 0 Å². The van der Waals surface area contributed by atoms with Crippen LogP contribution in [0.25, 0.3) is 0 Å². The number of halogens is 2. The van der Waals surface area contributed by atoms with E-state index in [2.05, 4.69) is 20.9 Å². The van der Waals surface area contributed by atoms with Crippen LogP contribution < -0.4 is 10.5 Å². The van der Waals surface area contributed by atoms with Gasteiger partial charge in [0.1, 0.15) is 12.4 Å². The highest BCUT2D eigenvalue weighted by molar-refractivity contribution is 9.10. The fourth-order valence-corrected chi connectivity index (χ4v) is 2.07. The highest BCUT2D eigenvalue weighted by Crippen LogP contribution is 2.21. The number of nitrogens with zero attached hydrogens (tertiary/aromatic N) is 1. The fraction of sp³-hybridized carbons (Fsp3) is 0.154. The standard InChI is InChI=1S/C13H12BrClN2O/c14-11-4-12(7-17-6-11)18-8-10-2-1-9(5-16)3-13(10)15/h1-4,6-7H,5,8,16H2. The maximum Gasteiger partial charge on any atom is 0.139 e. The molecule has 0 amide bonds. The molecule has 0 spiro atoms. The van der Waals surface area contributed by atoms with Crippen molar-refractivity contribution < 1.29 is 4.74 Å². The van der Waals surface area contributed by atoms with E-state index >= 15 is 0 Å². The summed E-state index contributed by atoms with van der Waals surface area (Å²) in [5.41, 5.74) is 7.48. The summed E-state index contributed by atoms with van der Waals surface area (Å²) in [6, 6.07) is 7.59. The Hall–Kier alpha value is -1.10. The van der Waals surface area contributed by atoms with Gasteiger partial charge in [0.2, 0.25) is 0 Å². The van der Waals surface area contributed by atoms with Crippen molar-refractivity contribution in [3.8, 4) is 5.75 Å². The number of rotatable bonds is 4. The molecule has 1 aromatic heterocycles. The Labute approximate surface area is 119 Å². The summed E-state index contributed by atoms with van der Waals surface area (Å²) in [6.45, 7) is 0.887. The van der Waals surface area contributed by atoms with Gasteiger partial charge in [-0.15, -0.1) is 0 Å². The number of hydrogen-bond acceptors (Lipinski definition) is 3. The summed E-state index contributed by atoms with van der Waals surface area (Å²) in [5, 5.41) is 0.668. The minimum absolute atomic E-state index is 0.405. The van der Waals surface area contributed by atoms with E-state index in [1.54, 1.807) is 12.4 Å². The molecule has 0 saturated heterocycles. The molecule has 2 N–H and O–H groups in total. The van der Waals surface area contributed by atoms with E-state index in [0.29, 0.717) is 23.9 Å². The van der Waals surface area contributed by atoms with E-state index < -0.39 is 0 Å². The molecule has 1 aromatic carbocycles. The molecule has 0 atom stereocenters. The lowest BCUT2D eigenvalue weighted by Crippen LogP contribution is -2.00. The van der Waals surface area contributed by atoms with E-state index in [1.807, 2.05) is 24.3 Å². The largest absolute Gasteiger partial charge is 0.487 e. The summed E-state index contributed by atoms with van der Waals surface area (Å²) >= 11 is 9.48. The Morgan fingerprint density at radius 1 is 1.28 bits per heavy atom. The summed E-state index contributed by atoms with van der Waals surface area (Å²) in [5.74, 6) is 0.698. The van der Waals surface area contributed by atoms with Crippen molar-refractivity contribution in [3.05, 3.63) is 57.3 Å². The van der Waals surface area contributed by atoms with Gasteiger partial charge < -0.3 is 10.5 Å². The molecule has 94 valence electrons. The van der Waals surface area contributed by atoms with Crippen molar-refractivity contribution in [2.24, 2.45) is 5.73 Å². The molecule has 0 saturated carbocycles. The third kappa shape index (κ3) is 3.45. The molecule has 5 heteroatoms. The summed E-state index contributed by atoms with van der Waals surface area (Å²) in [6.07, 6.45) is 3.36. The van der Waals surface area contributed by atoms with Gasteiger partial charge in [-0.3, -0.25) is 4.98 Å². The summed E-state index contributed by atoms with van der Waals surface area (Å²) in [7, 11) is 0. The van der Waals surface area contributed by atoms with Gasteiger partial charge in [-0.05, 0) is 33.6 Å². The van der Waals surface area contributed by atoms with Crippen molar-refractivity contribution >= 4 is 27.5 Å². The van der Waals surface area contributed by atoms with Gasteiger partial charge in [0.15, 0.2) is 0 Å². The maximum absolute atomic E-state index is 6.15. The van der Waals surface area contributed by atoms with Crippen LogP contribution in [0, 0.1) is 0 Å². The van der Waals surface area contributed by atoms with Gasteiger partial charge in [0, 0.05) is 27.8 Å². The molecule has 0 bridgehead atoms. The average molecular weight is 328 g/mol. The lowest BCUT2D eigenvalue weighted by molar-refractivity contribution is 0.305. The lowest BCUT2D eigenvalue weighted by atomic mass is 10.1. The van der Waals surface area contributed by atoms with Crippen LogP contribution in [0.15, 0.2) is 41.1 Å². The smallest absolute Gasteiger partial charge is 0.139 e. The number of hydrogen-bond donors (Lipinski definition) is 1. The SMILES string of the molecule is NCc1ccc(COc2cncc(Br)c2)c(Cl)c1. The minimum atomic E-state index is 0.405. The monoisotopic (exact) mass is 326 g/mol. The van der Waals surface area contributed by atoms with Gasteiger partial charge in [0.05, 0.1) is 6.20 Å². The van der Waals surface area contributed by atoms with Crippen LogP contribution in [-0.2, 0) is 13.2 Å². The molecule has 18 heavy (non-hydrogen) atoms. The van der Waals surface area contributed by atoms with Crippen molar-refractivity contribution in [2.45, 2.75) is 13.2 Å². The average Bonchev–Trinajstić information content (AvgIpc) is 2.37. The molecule has 0 aliphatic heterocycles. The first-order valence-electron chi connectivity index (χ1n) is 5.40. The number of ether oxygens (including phenoxy) is 1. The second-order valence-electron chi connectivity index (χ2n) is 3.76. The molecule has 0 aliphatic rings. The number of aromatic nitrogens is 1. The zero-order chi connectivity index (χ0) is 13.0. The maximum atomic E-state index is 6.15. The van der Waals surface area contributed by atoms with Crippen molar-refractivity contribution in [1.29, 1.82) is 0 Å². The quantitative estimate of drug-likeness (QED) is 0.934. The van der Waals surface area contributed by atoms with Gasteiger partial charge in [-0.25, -0.2) is 0 Å². The Kier molecular flexibility index (Phi) is 4.58. The first-order chi connectivity index (χ1) is 8.69. The summed E-state index contributed by atoms with van der Waals surface area (Å²) in [4.78, 5) is 4.02. The van der Waals surface area contributed by atoms with Gasteiger partial charge in [-0.1, -0.05) is 23.7 Å². The van der Waals surface area contributed by atoms with Gasteiger partial charge in [-0.2, -0.15) is 0 Å². The van der Waals surface area contributed by atoms with Crippen molar-refractivity contribution in [1.82, 2.24) is 4.98 Å². The van der Waals surface area contributed by atoms with Crippen LogP contribution >= 0.6 is 27.5 Å². The lowest BCUT2D eigenvalue weighted by Gasteiger charge is -2.08. The van der Waals surface area contributed by atoms with Crippen LogP contribution in [0.5, 0.6) is 5.75 Å². The van der Waals surface area contributed by atoms with Crippen LogP contribution in [0.2, 0.25) is 5.02 Å². The number of benzene rings is 1. The van der Waals surface area contributed by atoms with Crippen LogP contribution in [0.1, 0.15) is 11.1 Å².